The molecule has 3 fully saturated rings. The quantitative estimate of drug-likeness (QED) is 0.107. The molecule has 62 heavy (non-hydrogen) atoms. The van der Waals surface area contributed by atoms with Crippen molar-refractivity contribution in [3.05, 3.63) is 72.6 Å². The van der Waals surface area contributed by atoms with Crippen molar-refractivity contribution in [1.82, 2.24) is 29.7 Å². The number of ether oxygens (including phenoxy) is 2. The monoisotopic (exact) mass is 886 g/mol. The topological polar surface area (TPSA) is 179 Å². The maximum Gasteiger partial charge on any atom is 0.573 e. The van der Waals surface area contributed by atoms with Gasteiger partial charge >= 0.3 is 12.9 Å². The molecule has 3 amide bonds. The Morgan fingerprint density at radius 3 is 2.47 bits per heavy atom. The minimum absolute atomic E-state index is 0.00797. The largest absolute Gasteiger partial charge is 0.573 e. The molecule has 8 rings (SSSR count). The van der Waals surface area contributed by atoms with Gasteiger partial charge in [-0.2, -0.15) is 13.9 Å². The minimum Gasteiger partial charge on any atom is -0.472 e. The van der Waals surface area contributed by atoms with E-state index in [1.807, 2.05) is 12.2 Å². The van der Waals surface area contributed by atoms with Gasteiger partial charge in [0.2, 0.25) is 27.7 Å². The number of carbonyl (C=O) groups excluding carboxylic acids is 4. The van der Waals surface area contributed by atoms with Crippen molar-refractivity contribution in [2.24, 2.45) is 11.3 Å². The zero-order valence-corrected chi connectivity index (χ0v) is 34.2. The lowest BCUT2D eigenvalue weighted by atomic mass is 9.91. The number of fused-ring (bicyclic) bond motifs is 5. The first-order chi connectivity index (χ1) is 29.4. The van der Waals surface area contributed by atoms with Crippen LogP contribution >= 0.6 is 0 Å². The number of Topliss-reactive ketones (excluding diaryl/α,β-unsaturated/α-hetero) is 1. The van der Waals surface area contributed by atoms with Crippen LogP contribution in [-0.2, 0) is 24.4 Å². The van der Waals surface area contributed by atoms with Crippen LogP contribution in [0.15, 0.2) is 66.9 Å². The number of nitrogens with one attached hydrogen (secondary N) is 2. The van der Waals surface area contributed by atoms with Crippen LogP contribution in [0.4, 0.5) is 22.0 Å². The summed E-state index contributed by atoms with van der Waals surface area (Å²) in [6.45, 7) is -1.71. The van der Waals surface area contributed by atoms with E-state index in [2.05, 4.69) is 24.9 Å². The zero-order chi connectivity index (χ0) is 44.2. The van der Waals surface area contributed by atoms with E-state index in [-0.39, 0.29) is 42.9 Å². The molecular formula is C42H43F5N6O8S. The number of rotatable bonds is 9. The Bertz CT molecular complexity index is 2580. The van der Waals surface area contributed by atoms with Crippen molar-refractivity contribution in [2.75, 3.05) is 6.54 Å². The van der Waals surface area contributed by atoms with Gasteiger partial charge in [0.05, 0.1) is 28.3 Å². The van der Waals surface area contributed by atoms with Crippen molar-refractivity contribution in [1.29, 1.82) is 0 Å². The molecule has 1 saturated heterocycles. The molecule has 2 aromatic carbocycles. The van der Waals surface area contributed by atoms with E-state index in [0.29, 0.717) is 59.4 Å². The predicted octanol–water partition coefficient (Wildman–Crippen LogP) is 6.51. The molecular weight excluding hydrogens is 844 g/mol. The van der Waals surface area contributed by atoms with E-state index in [4.69, 9.17) is 4.74 Å². The number of alkyl halides is 5. The lowest BCUT2D eigenvalue weighted by molar-refractivity contribution is -0.274. The van der Waals surface area contributed by atoms with Crippen LogP contribution in [0.2, 0.25) is 0 Å². The molecule has 4 aromatic rings. The lowest BCUT2D eigenvalue weighted by Crippen LogP contribution is -2.52. The molecule has 0 radical (unpaired) electrons. The molecule has 0 bridgehead atoms. The number of carbonyl (C=O) groups is 4. The van der Waals surface area contributed by atoms with Gasteiger partial charge < -0.3 is 19.7 Å². The van der Waals surface area contributed by atoms with Crippen LogP contribution in [0, 0.1) is 11.3 Å². The predicted molar refractivity (Wildman–Crippen MR) is 212 cm³/mol. The van der Waals surface area contributed by atoms with Crippen LogP contribution in [0.3, 0.4) is 0 Å². The van der Waals surface area contributed by atoms with Gasteiger partial charge in [-0.15, -0.1) is 13.2 Å². The average Bonchev–Trinajstić information content (AvgIpc) is 3.98. The molecule has 4 heterocycles. The first-order valence-corrected chi connectivity index (χ1v) is 21.8. The summed E-state index contributed by atoms with van der Waals surface area (Å²) < 4.78 is 105. The molecule has 2 aliphatic carbocycles. The zero-order valence-electron chi connectivity index (χ0n) is 33.4. The van der Waals surface area contributed by atoms with E-state index in [9.17, 15) is 49.5 Å². The van der Waals surface area contributed by atoms with E-state index < -0.39 is 92.9 Å². The van der Waals surface area contributed by atoms with Gasteiger partial charge in [-0.25, -0.2) is 18.1 Å². The molecule has 2 saturated carbocycles. The summed E-state index contributed by atoms with van der Waals surface area (Å²) in [6, 6.07) is 9.16. The summed E-state index contributed by atoms with van der Waals surface area (Å²) in [5.41, 5.74) is -1.69. The van der Waals surface area contributed by atoms with Gasteiger partial charge in [0.15, 0.2) is 5.78 Å². The van der Waals surface area contributed by atoms with Crippen LogP contribution < -0.4 is 19.5 Å². The molecule has 4 aliphatic rings. The third-order valence-electron chi connectivity index (χ3n) is 12.4. The number of allylic oxidation sites excluding steroid dienone is 2. The van der Waals surface area contributed by atoms with E-state index >= 15 is 0 Å². The van der Waals surface area contributed by atoms with Gasteiger partial charge in [0.1, 0.15) is 23.6 Å². The number of hydrogen-bond acceptors (Lipinski definition) is 10. The first kappa shape index (κ1) is 43.0. The van der Waals surface area contributed by atoms with Gasteiger partial charge in [-0.3, -0.25) is 23.9 Å². The van der Waals surface area contributed by atoms with Gasteiger partial charge in [0, 0.05) is 35.9 Å². The maximum atomic E-state index is 14.7. The minimum atomic E-state index is -4.97. The Labute approximate surface area is 352 Å². The van der Waals surface area contributed by atoms with Crippen LogP contribution in [0.5, 0.6) is 11.6 Å². The van der Waals surface area contributed by atoms with Crippen molar-refractivity contribution >= 4 is 55.2 Å². The first-order valence-electron chi connectivity index (χ1n) is 20.3. The summed E-state index contributed by atoms with van der Waals surface area (Å²) in [6.07, 6.45) is 1.51. The standard InChI is InChI=1S/C42H43F5N6O8S/c1-40(16-17-40)62(58,59)51-38(57)41-21-24(41)9-5-3-2-4-6-12-31(48-35(55)30-15-18-53(50-30)39(43)44)37(56)52-23-26(20-33(52)34(54)22-41)60-36-29-11-8-7-10-27(29)28-14-13-25(19-32(28)49-36)61-42(45,46)47/h5,7-11,13-15,18-19,24,26,31,33,39H,2-4,6,12,16-17,20-23H2,1H3,(H,48,55)(H,51,57)/b9-5-/t24-,26-,31+,33+,41-/m1/s1. The number of pyridine rings is 1. The van der Waals surface area contributed by atoms with Gasteiger partial charge in [0.25, 0.3) is 5.91 Å². The molecule has 5 atom stereocenters. The third-order valence-corrected chi connectivity index (χ3v) is 14.5. The van der Waals surface area contributed by atoms with Gasteiger partial charge in [-0.05, 0) is 81.0 Å². The number of aromatic nitrogens is 3. The van der Waals surface area contributed by atoms with Crippen molar-refractivity contribution in [3.8, 4) is 11.6 Å². The van der Waals surface area contributed by atoms with Crippen LogP contribution in [0.1, 0.15) is 88.2 Å². The number of nitrogens with zero attached hydrogens (tertiary/aromatic N) is 4. The molecule has 2 aliphatic heterocycles. The highest BCUT2D eigenvalue weighted by Crippen LogP contribution is 2.57. The normalized spacial score (nSPS) is 26.0. The Morgan fingerprint density at radius 1 is 1.00 bits per heavy atom. The number of halogens is 5. The highest BCUT2D eigenvalue weighted by molar-refractivity contribution is 7.91. The smallest absolute Gasteiger partial charge is 0.472 e. The van der Waals surface area contributed by atoms with Crippen molar-refractivity contribution in [2.45, 2.75) is 107 Å². The summed E-state index contributed by atoms with van der Waals surface area (Å²) in [7, 11) is -4.07. The molecule has 0 spiro atoms. The van der Waals surface area contributed by atoms with Crippen molar-refractivity contribution in [3.63, 3.8) is 0 Å². The fourth-order valence-corrected chi connectivity index (χ4v) is 9.77. The molecule has 14 nitrogen and oxygen atoms in total. The van der Waals surface area contributed by atoms with E-state index in [1.54, 1.807) is 24.3 Å². The summed E-state index contributed by atoms with van der Waals surface area (Å²) in [5, 5.41) is 7.81. The Balaban J connectivity index is 1.13. The lowest BCUT2D eigenvalue weighted by Gasteiger charge is -2.29. The van der Waals surface area contributed by atoms with Crippen LogP contribution in [-0.4, -0.2) is 87.4 Å². The second-order valence-electron chi connectivity index (χ2n) is 16.7. The van der Waals surface area contributed by atoms with Gasteiger partial charge in [-0.1, -0.05) is 43.2 Å². The maximum absolute atomic E-state index is 14.7. The van der Waals surface area contributed by atoms with E-state index in [1.165, 1.54) is 24.0 Å². The van der Waals surface area contributed by atoms with E-state index in [0.717, 1.165) is 18.3 Å². The number of sulfonamides is 1. The molecule has 2 N–H and O–H groups in total. The summed E-state index contributed by atoms with van der Waals surface area (Å²) in [4.78, 5) is 62.5. The third kappa shape index (κ3) is 8.70. The molecule has 2 aromatic heterocycles. The Hall–Kier alpha value is -5.66. The number of ketones is 1. The van der Waals surface area contributed by atoms with Crippen LogP contribution in [0.25, 0.3) is 21.7 Å². The number of amides is 3. The number of hydrogen-bond donors (Lipinski definition) is 2. The Morgan fingerprint density at radius 2 is 1.76 bits per heavy atom. The molecule has 330 valence electrons. The summed E-state index contributed by atoms with van der Waals surface area (Å²) in [5.74, 6) is -3.95. The second-order valence-corrected chi connectivity index (χ2v) is 18.9. The fourth-order valence-electron chi connectivity index (χ4n) is 8.44. The van der Waals surface area contributed by atoms with Crippen molar-refractivity contribution < 1.29 is 59.0 Å². The second kappa shape index (κ2) is 16.2. The molecule has 20 heteroatoms. The highest BCUT2D eigenvalue weighted by Gasteiger charge is 2.62. The highest BCUT2D eigenvalue weighted by atomic mass is 32.2. The SMILES string of the molecule is CC1(S(=O)(=O)NC(=O)[C@]23CC(=O)[C@@H]4C[C@@H](Oc5nc6cc(OC(F)(F)F)ccc6c6ccccc56)CN4C(=O)[C@@H](NC(=O)c4ccn(C(F)F)n4)CCCCC/C=C\[C@@H]2C3)CC1. The summed E-state index contributed by atoms with van der Waals surface area (Å²) >= 11 is 0. The molecule has 0 unspecified atom stereocenters. The Kier molecular flexibility index (Phi) is 11.3. The fraction of sp³-hybridized carbons (Fsp3) is 0.476. The average molecular weight is 887 g/mol. The number of benzene rings is 2.